The number of aromatic nitrogens is 4. The van der Waals surface area contributed by atoms with Gasteiger partial charge in [0.2, 0.25) is 0 Å². The molecule has 2 heterocycles. The molecule has 0 saturated carbocycles. The van der Waals surface area contributed by atoms with Crippen LogP contribution in [0.2, 0.25) is 0 Å². The Hall–Kier alpha value is -3.47. The van der Waals surface area contributed by atoms with Crippen LogP contribution in [0.15, 0.2) is 60.7 Å². The monoisotopic (exact) mass is 342 g/mol. The van der Waals surface area contributed by atoms with Crippen LogP contribution >= 0.6 is 0 Å². The Kier molecular flexibility index (Phi) is 3.15. The molecule has 0 aliphatic heterocycles. The van der Waals surface area contributed by atoms with Crippen LogP contribution in [0.4, 0.5) is 4.39 Å². The number of aromatic amines is 2. The summed E-state index contributed by atoms with van der Waals surface area (Å²) in [6.07, 6.45) is 0. The number of nitrogens with zero attached hydrogens (tertiary/aromatic N) is 2. The van der Waals surface area contributed by atoms with Crippen molar-refractivity contribution in [3.8, 4) is 22.6 Å². The summed E-state index contributed by atoms with van der Waals surface area (Å²) in [5.74, 6) is 0.531. The molecule has 5 heteroatoms. The van der Waals surface area contributed by atoms with Gasteiger partial charge in [0.15, 0.2) is 5.82 Å². The van der Waals surface area contributed by atoms with E-state index >= 15 is 0 Å². The van der Waals surface area contributed by atoms with Gasteiger partial charge < -0.3 is 4.98 Å². The normalized spacial score (nSPS) is 11.5. The lowest BCUT2D eigenvalue weighted by atomic mass is 10.0. The Morgan fingerprint density at radius 2 is 1.81 bits per heavy atom. The summed E-state index contributed by atoms with van der Waals surface area (Å²) < 4.78 is 13.4. The van der Waals surface area contributed by atoms with E-state index in [1.165, 1.54) is 6.07 Å². The third-order valence-electron chi connectivity index (χ3n) is 4.68. The Labute approximate surface area is 148 Å². The number of nitrogens with one attached hydrogen (secondary N) is 2. The SMILES string of the molecule is Cc1cc(F)ccc1-c1ccc2nc(-c3[nH]nc4ccccc34)[nH]c2c1. The first kappa shape index (κ1) is 14.8. The first-order valence-electron chi connectivity index (χ1n) is 8.39. The molecule has 0 spiro atoms. The van der Waals surface area contributed by atoms with Crippen LogP contribution in [0.5, 0.6) is 0 Å². The van der Waals surface area contributed by atoms with Crippen molar-refractivity contribution in [2.45, 2.75) is 6.92 Å². The van der Waals surface area contributed by atoms with Gasteiger partial charge in [0, 0.05) is 5.39 Å². The molecule has 0 amide bonds. The van der Waals surface area contributed by atoms with E-state index in [-0.39, 0.29) is 5.82 Å². The number of rotatable bonds is 2. The zero-order valence-electron chi connectivity index (χ0n) is 14.0. The molecule has 0 unspecified atom stereocenters. The maximum Gasteiger partial charge on any atom is 0.157 e. The van der Waals surface area contributed by atoms with Crippen LogP contribution < -0.4 is 0 Å². The van der Waals surface area contributed by atoms with Crippen LogP contribution in [-0.4, -0.2) is 20.2 Å². The first-order valence-corrected chi connectivity index (χ1v) is 8.39. The Morgan fingerprint density at radius 1 is 0.923 bits per heavy atom. The lowest BCUT2D eigenvalue weighted by Gasteiger charge is -2.06. The summed E-state index contributed by atoms with van der Waals surface area (Å²) in [5, 5.41) is 8.43. The summed E-state index contributed by atoms with van der Waals surface area (Å²) in [6, 6.07) is 18.8. The van der Waals surface area contributed by atoms with Crippen LogP contribution in [0.1, 0.15) is 5.56 Å². The minimum Gasteiger partial charge on any atom is -0.337 e. The second-order valence-electron chi connectivity index (χ2n) is 6.39. The zero-order chi connectivity index (χ0) is 17.7. The fourth-order valence-electron chi connectivity index (χ4n) is 3.39. The van der Waals surface area contributed by atoms with Crippen molar-refractivity contribution in [1.29, 1.82) is 0 Å². The van der Waals surface area contributed by atoms with Gasteiger partial charge in [-0.1, -0.05) is 30.3 Å². The van der Waals surface area contributed by atoms with Crippen LogP contribution in [0, 0.1) is 12.7 Å². The molecule has 2 N–H and O–H groups in total. The number of hydrogen-bond donors (Lipinski definition) is 2. The number of aryl methyl sites for hydroxylation is 1. The van der Waals surface area contributed by atoms with Gasteiger partial charge in [-0.25, -0.2) is 9.37 Å². The highest BCUT2D eigenvalue weighted by atomic mass is 19.1. The number of halogens is 1. The van der Waals surface area contributed by atoms with E-state index in [4.69, 9.17) is 0 Å². The third-order valence-corrected chi connectivity index (χ3v) is 4.68. The molecule has 126 valence electrons. The minimum atomic E-state index is -0.220. The van der Waals surface area contributed by atoms with E-state index in [1.807, 2.05) is 55.5 Å². The van der Waals surface area contributed by atoms with E-state index in [0.717, 1.165) is 50.1 Å². The summed E-state index contributed by atoms with van der Waals surface area (Å²) in [6.45, 7) is 1.91. The van der Waals surface area contributed by atoms with Crippen molar-refractivity contribution in [2.24, 2.45) is 0 Å². The van der Waals surface area contributed by atoms with E-state index in [2.05, 4.69) is 20.2 Å². The molecule has 26 heavy (non-hydrogen) atoms. The summed E-state index contributed by atoms with van der Waals surface area (Å²) >= 11 is 0. The van der Waals surface area contributed by atoms with Crippen molar-refractivity contribution < 1.29 is 4.39 Å². The molecule has 4 nitrogen and oxygen atoms in total. The molecule has 0 radical (unpaired) electrons. The predicted octanol–water partition coefficient (Wildman–Crippen LogP) is 5.22. The topological polar surface area (TPSA) is 57.4 Å². The number of fused-ring (bicyclic) bond motifs is 2. The average Bonchev–Trinajstić information content (AvgIpc) is 3.24. The molecule has 0 bridgehead atoms. The van der Waals surface area contributed by atoms with E-state index in [0.29, 0.717) is 0 Å². The van der Waals surface area contributed by atoms with Gasteiger partial charge >= 0.3 is 0 Å². The maximum atomic E-state index is 13.4. The van der Waals surface area contributed by atoms with Gasteiger partial charge in [0.05, 0.1) is 16.6 Å². The molecule has 0 saturated heterocycles. The van der Waals surface area contributed by atoms with Gasteiger partial charge in [0.25, 0.3) is 0 Å². The van der Waals surface area contributed by atoms with E-state index < -0.39 is 0 Å². The van der Waals surface area contributed by atoms with Crippen molar-refractivity contribution in [1.82, 2.24) is 20.2 Å². The number of para-hydroxylation sites is 1. The van der Waals surface area contributed by atoms with E-state index in [1.54, 1.807) is 6.07 Å². The predicted molar refractivity (Wildman–Crippen MR) is 101 cm³/mol. The molecule has 5 rings (SSSR count). The standard InChI is InChI=1S/C21H15FN4/c1-12-10-14(22)7-8-15(12)13-6-9-18-19(11-13)24-21(23-18)20-16-4-2-3-5-17(16)25-26-20/h2-11H,1H3,(H,23,24)(H,25,26). The van der Waals surface area contributed by atoms with Crippen molar-refractivity contribution in [2.75, 3.05) is 0 Å². The summed E-state index contributed by atoms with van der Waals surface area (Å²) in [5.41, 5.74) is 6.53. The lowest BCUT2D eigenvalue weighted by molar-refractivity contribution is 0.627. The molecule has 0 fully saturated rings. The van der Waals surface area contributed by atoms with Gasteiger partial charge in [-0.3, -0.25) is 5.10 Å². The molecule has 2 aromatic heterocycles. The second-order valence-corrected chi connectivity index (χ2v) is 6.39. The molecular weight excluding hydrogens is 327 g/mol. The van der Waals surface area contributed by atoms with Crippen LogP contribution in [-0.2, 0) is 0 Å². The number of H-pyrrole nitrogens is 2. The average molecular weight is 342 g/mol. The number of hydrogen-bond acceptors (Lipinski definition) is 2. The Bertz CT molecular complexity index is 1270. The maximum absolute atomic E-state index is 13.4. The third kappa shape index (κ3) is 2.29. The Balaban J connectivity index is 1.64. The molecule has 0 aliphatic rings. The van der Waals surface area contributed by atoms with Crippen molar-refractivity contribution in [3.63, 3.8) is 0 Å². The van der Waals surface area contributed by atoms with Crippen LogP contribution in [0.3, 0.4) is 0 Å². The number of benzene rings is 3. The largest absolute Gasteiger partial charge is 0.337 e. The molecule has 5 aromatic rings. The molecule has 0 atom stereocenters. The Morgan fingerprint density at radius 3 is 2.69 bits per heavy atom. The minimum absolute atomic E-state index is 0.220. The fraction of sp³-hybridized carbons (Fsp3) is 0.0476. The molecule has 0 aliphatic carbocycles. The highest BCUT2D eigenvalue weighted by Gasteiger charge is 2.12. The van der Waals surface area contributed by atoms with Gasteiger partial charge in [0.1, 0.15) is 11.5 Å². The summed E-state index contributed by atoms with van der Waals surface area (Å²) in [4.78, 5) is 8.06. The summed E-state index contributed by atoms with van der Waals surface area (Å²) in [7, 11) is 0. The first-order chi connectivity index (χ1) is 12.7. The van der Waals surface area contributed by atoms with Crippen molar-refractivity contribution in [3.05, 3.63) is 72.0 Å². The van der Waals surface area contributed by atoms with Gasteiger partial charge in [-0.05, 0) is 53.9 Å². The van der Waals surface area contributed by atoms with E-state index in [9.17, 15) is 4.39 Å². The lowest BCUT2D eigenvalue weighted by Crippen LogP contribution is -1.85. The quantitative estimate of drug-likeness (QED) is 0.462. The second kappa shape index (κ2) is 5.52. The zero-order valence-corrected chi connectivity index (χ0v) is 14.0. The molecular formula is C21H15FN4. The van der Waals surface area contributed by atoms with Gasteiger partial charge in [-0.15, -0.1) is 0 Å². The van der Waals surface area contributed by atoms with Crippen LogP contribution in [0.25, 0.3) is 44.6 Å². The van der Waals surface area contributed by atoms with Gasteiger partial charge in [-0.2, -0.15) is 5.10 Å². The number of imidazole rings is 1. The molecule has 3 aromatic carbocycles. The highest BCUT2D eigenvalue weighted by Crippen LogP contribution is 2.30. The highest BCUT2D eigenvalue weighted by molar-refractivity contribution is 5.93. The fourth-order valence-corrected chi connectivity index (χ4v) is 3.39. The smallest absolute Gasteiger partial charge is 0.157 e. The van der Waals surface area contributed by atoms with Crippen molar-refractivity contribution >= 4 is 21.9 Å².